The Kier molecular flexibility index (Phi) is 7.32. The second-order valence-electron chi connectivity index (χ2n) is 4.83. The van der Waals surface area contributed by atoms with Crippen LogP contribution in [-0.4, -0.2) is 32.7 Å². The Labute approximate surface area is 131 Å². The fourth-order valence-electron chi connectivity index (χ4n) is 2.33. The number of nitrogens with one attached hydrogen (secondary N) is 2. The summed E-state index contributed by atoms with van der Waals surface area (Å²) in [5.41, 5.74) is 0.668. The lowest BCUT2D eigenvalue weighted by molar-refractivity contribution is -0.120. The molecular weight excluding hydrogens is 292 g/mol. The average molecular weight is 315 g/mol. The third-order valence-corrected chi connectivity index (χ3v) is 3.41. The molecule has 21 heavy (non-hydrogen) atoms. The fraction of sp³-hybridized carbons (Fsp3) is 0.533. The van der Waals surface area contributed by atoms with Crippen LogP contribution < -0.4 is 20.1 Å². The maximum Gasteiger partial charge on any atom is 0.228 e. The van der Waals surface area contributed by atoms with E-state index >= 15 is 0 Å². The van der Waals surface area contributed by atoms with E-state index in [-0.39, 0.29) is 24.2 Å². The molecule has 0 spiro atoms. The molecule has 0 aliphatic carbocycles. The van der Waals surface area contributed by atoms with E-state index in [4.69, 9.17) is 9.47 Å². The molecule has 1 aromatic rings. The summed E-state index contributed by atoms with van der Waals surface area (Å²) in [7, 11) is 1.60. The van der Waals surface area contributed by atoms with Crippen LogP contribution in [0.15, 0.2) is 18.2 Å². The Bertz CT molecular complexity index is 462. The van der Waals surface area contributed by atoms with E-state index in [0.29, 0.717) is 23.8 Å². The van der Waals surface area contributed by atoms with Crippen molar-refractivity contribution < 1.29 is 14.3 Å². The van der Waals surface area contributed by atoms with Crippen LogP contribution in [-0.2, 0) is 4.79 Å². The van der Waals surface area contributed by atoms with Gasteiger partial charge >= 0.3 is 0 Å². The van der Waals surface area contributed by atoms with Gasteiger partial charge in [0.25, 0.3) is 0 Å². The molecule has 1 heterocycles. The van der Waals surface area contributed by atoms with Crippen molar-refractivity contribution in [1.29, 1.82) is 0 Å². The Hall–Kier alpha value is -1.46. The largest absolute Gasteiger partial charge is 0.497 e. The number of carbonyl (C=O) groups is 1. The van der Waals surface area contributed by atoms with Crippen molar-refractivity contribution in [3.05, 3.63) is 18.2 Å². The molecule has 2 rings (SSSR count). The lowest BCUT2D eigenvalue weighted by Gasteiger charge is -2.22. The first-order valence-electron chi connectivity index (χ1n) is 7.07. The molecule has 1 aliphatic rings. The summed E-state index contributed by atoms with van der Waals surface area (Å²) in [6.45, 7) is 4.20. The van der Waals surface area contributed by atoms with Crippen LogP contribution in [0.5, 0.6) is 11.5 Å². The van der Waals surface area contributed by atoms with Gasteiger partial charge in [-0.2, -0.15) is 0 Å². The number of ether oxygens (including phenoxy) is 2. The van der Waals surface area contributed by atoms with Crippen LogP contribution >= 0.6 is 12.4 Å². The molecule has 0 saturated carbocycles. The Balaban J connectivity index is 0.00000220. The first kappa shape index (κ1) is 17.6. The van der Waals surface area contributed by atoms with E-state index in [0.717, 1.165) is 25.9 Å². The van der Waals surface area contributed by atoms with Gasteiger partial charge in [-0.05, 0) is 38.4 Å². The second-order valence-corrected chi connectivity index (χ2v) is 4.83. The van der Waals surface area contributed by atoms with Crippen LogP contribution in [0.25, 0.3) is 0 Å². The molecule has 118 valence electrons. The van der Waals surface area contributed by atoms with Crippen molar-refractivity contribution in [3.8, 4) is 11.5 Å². The number of methoxy groups -OCH3 is 1. The zero-order chi connectivity index (χ0) is 14.4. The van der Waals surface area contributed by atoms with Crippen molar-refractivity contribution in [2.75, 3.05) is 32.1 Å². The van der Waals surface area contributed by atoms with Crippen LogP contribution in [0.3, 0.4) is 0 Å². The molecule has 1 saturated heterocycles. The van der Waals surface area contributed by atoms with Gasteiger partial charge < -0.3 is 20.1 Å². The molecule has 6 heteroatoms. The maximum atomic E-state index is 12.3. The first-order chi connectivity index (χ1) is 9.74. The third kappa shape index (κ3) is 4.79. The van der Waals surface area contributed by atoms with Gasteiger partial charge in [0.2, 0.25) is 5.91 Å². The van der Waals surface area contributed by atoms with E-state index in [9.17, 15) is 4.79 Å². The van der Waals surface area contributed by atoms with E-state index < -0.39 is 0 Å². The molecule has 5 nitrogen and oxygen atoms in total. The Morgan fingerprint density at radius 1 is 1.48 bits per heavy atom. The fourth-order valence-corrected chi connectivity index (χ4v) is 2.33. The van der Waals surface area contributed by atoms with Crippen molar-refractivity contribution >= 4 is 24.0 Å². The van der Waals surface area contributed by atoms with Gasteiger partial charge in [0, 0.05) is 12.6 Å². The number of carbonyl (C=O) groups excluding carboxylic acids is 1. The smallest absolute Gasteiger partial charge is 0.228 e. The normalized spacial score (nSPS) is 17.5. The number of rotatable bonds is 5. The van der Waals surface area contributed by atoms with E-state index in [1.807, 2.05) is 19.1 Å². The summed E-state index contributed by atoms with van der Waals surface area (Å²) >= 11 is 0. The zero-order valence-corrected chi connectivity index (χ0v) is 13.3. The number of hydrogen-bond donors (Lipinski definition) is 2. The number of piperidine rings is 1. The topological polar surface area (TPSA) is 59.6 Å². The Morgan fingerprint density at radius 3 is 2.90 bits per heavy atom. The predicted octanol–water partition coefficient (Wildman–Crippen LogP) is 2.45. The van der Waals surface area contributed by atoms with E-state index in [1.165, 1.54) is 0 Å². The lowest BCUT2D eigenvalue weighted by Crippen LogP contribution is -2.37. The molecule has 2 N–H and O–H groups in total. The van der Waals surface area contributed by atoms with E-state index in [2.05, 4.69) is 10.6 Å². The molecule has 0 radical (unpaired) electrons. The molecule has 0 bridgehead atoms. The number of benzene rings is 1. The molecule has 1 fully saturated rings. The minimum Gasteiger partial charge on any atom is -0.497 e. The summed E-state index contributed by atoms with van der Waals surface area (Å²) < 4.78 is 10.7. The van der Waals surface area contributed by atoms with Crippen molar-refractivity contribution in [1.82, 2.24) is 5.32 Å². The lowest BCUT2D eigenvalue weighted by atomic mass is 9.99. The highest BCUT2D eigenvalue weighted by Gasteiger charge is 2.22. The van der Waals surface area contributed by atoms with Gasteiger partial charge in [0.05, 0.1) is 25.3 Å². The van der Waals surface area contributed by atoms with Crippen LogP contribution in [0.1, 0.15) is 19.8 Å². The van der Waals surface area contributed by atoms with Gasteiger partial charge in [0.1, 0.15) is 11.5 Å². The number of halogens is 1. The predicted molar refractivity (Wildman–Crippen MR) is 85.6 cm³/mol. The van der Waals surface area contributed by atoms with Crippen LogP contribution in [0.2, 0.25) is 0 Å². The highest BCUT2D eigenvalue weighted by molar-refractivity contribution is 5.94. The molecular formula is C15H23ClN2O3. The van der Waals surface area contributed by atoms with Crippen molar-refractivity contribution in [2.45, 2.75) is 19.8 Å². The van der Waals surface area contributed by atoms with Crippen molar-refractivity contribution in [3.63, 3.8) is 0 Å². The minimum absolute atomic E-state index is 0. The van der Waals surface area contributed by atoms with Gasteiger partial charge in [0.15, 0.2) is 0 Å². The summed E-state index contributed by atoms with van der Waals surface area (Å²) in [4.78, 5) is 12.3. The van der Waals surface area contributed by atoms with Crippen molar-refractivity contribution in [2.24, 2.45) is 5.92 Å². The summed E-state index contributed by atoms with van der Waals surface area (Å²) in [5.74, 6) is 1.42. The second kappa shape index (κ2) is 8.74. The van der Waals surface area contributed by atoms with Gasteiger partial charge in [-0.3, -0.25) is 4.79 Å². The van der Waals surface area contributed by atoms with E-state index in [1.54, 1.807) is 13.2 Å². The summed E-state index contributed by atoms with van der Waals surface area (Å²) in [6.07, 6.45) is 1.96. The highest BCUT2D eigenvalue weighted by atomic mass is 35.5. The van der Waals surface area contributed by atoms with Crippen LogP contribution in [0.4, 0.5) is 5.69 Å². The summed E-state index contributed by atoms with van der Waals surface area (Å²) in [5, 5.41) is 6.20. The monoisotopic (exact) mass is 314 g/mol. The molecule has 1 aliphatic heterocycles. The van der Waals surface area contributed by atoms with Gasteiger partial charge in [-0.25, -0.2) is 0 Å². The maximum absolute atomic E-state index is 12.3. The van der Waals surface area contributed by atoms with Gasteiger partial charge in [-0.1, -0.05) is 0 Å². The molecule has 1 aromatic carbocycles. The highest BCUT2D eigenvalue weighted by Crippen LogP contribution is 2.30. The zero-order valence-electron chi connectivity index (χ0n) is 12.5. The molecule has 1 amide bonds. The van der Waals surface area contributed by atoms with Gasteiger partial charge in [-0.15, -0.1) is 12.4 Å². The standard InChI is InChI=1S/C15H22N2O3.ClH/c1-3-20-14-7-6-12(19-2)9-13(14)17-15(18)11-5-4-8-16-10-11;/h6-7,9,11,16H,3-5,8,10H2,1-2H3,(H,17,18);1H. The number of anilines is 1. The summed E-state index contributed by atoms with van der Waals surface area (Å²) in [6, 6.07) is 5.43. The van der Waals surface area contributed by atoms with Crippen LogP contribution in [0, 0.1) is 5.92 Å². The molecule has 1 atom stereocenters. The molecule has 0 aromatic heterocycles. The molecule has 1 unspecified atom stereocenters. The number of hydrogen-bond acceptors (Lipinski definition) is 4. The first-order valence-corrected chi connectivity index (χ1v) is 7.07. The minimum atomic E-state index is 0. The quantitative estimate of drug-likeness (QED) is 0.876. The number of amides is 1. The average Bonchev–Trinajstić information content (AvgIpc) is 2.50. The third-order valence-electron chi connectivity index (χ3n) is 3.41. The Morgan fingerprint density at radius 2 is 2.29 bits per heavy atom. The SMILES string of the molecule is CCOc1ccc(OC)cc1NC(=O)C1CCCNC1.Cl.